The number of aromatic amines is 1. The van der Waals surface area contributed by atoms with E-state index in [0.29, 0.717) is 53.4 Å². The summed E-state index contributed by atoms with van der Waals surface area (Å²) in [5, 5.41) is 11.5. The van der Waals surface area contributed by atoms with E-state index < -0.39 is 11.7 Å². The lowest BCUT2D eigenvalue weighted by molar-refractivity contribution is -0.131. The van der Waals surface area contributed by atoms with Crippen molar-refractivity contribution in [2.45, 2.75) is 62.2 Å². The first-order valence-electron chi connectivity index (χ1n) is 13.1. The summed E-state index contributed by atoms with van der Waals surface area (Å²) < 4.78 is 19.0. The van der Waals surface area contributed by atoms with Gasteiger partial charge in [-0.3, -0.25) is 10.2 Å². The summed E-state index contributed by atoms with van der Waals surface area (Å²) in [6.07, 6.45) is 3.74. The first kappa shape index (κ1) is 28.3. The number of likely N-dealkylation sites (tertiary alicyclic amines) is 1. The monoisotopic (exact) mass is 633 g/mol. The molecule has 0 spiro atoms. The van der Waals surface area contributed by atoms with Gasteiger partial charge < -0.3 is 34.0 Å². The zero-order valence-corrected chi connectivity index (χ0v) is 25.0. The normalized spacial score (nSPS) is 15.4. The summed E-state index contributed by atoms with van der Waals surface area (Å²) in [7, 11) is 0. The number of carbonyl (C=O) groups is 2. The summed E-state index contributed by atoms with van der Waals surface area (Å²) in [4.78, 5) is 39.4. The first-order chi connectivity index (χ1) is 19.1. The van der Waals surface area contributed by atoms with Crippen molar-refractivity contribution < 1.29 is 23.8 Å². The van der Waals surface area contributed by atoms with Gasteiger partial charge in [-0.1, -0.05) is 11.8 Å². The minimum Gasteiger partial charge on any atom is -0.454 e. The van der Waals surface area contributed by atoms with Gasteiger partial charge in [0.2, 0.25) is 12.7 Å². The van der Waals surface area contributed by atoms with Crippen LogP contribution in [0.1, 0.15) is 40.0 Å². The second kappa shape index (κ2) is 11.7. The number of rotatable bonds is 7. The predicted octanol–water partition coefficient (Wildman–Crippen LogP) is 4.03. The predicted molar refractivity (Wildman–Crippen MR) is 150 cm³/mol. The van der Waals surface area contributed by atoms with Gasteiger partial charge in [-0.15, -0.1) is 0 Å². The first-order valence-corrected chi connectivity index (χ1v) is 14.7. The molecule has 1 fully saturated rings. The number of benzene rings is 1. The van der Waals surface area contributed by atoms with Crippen LogP contribution in [0.3, 0.4) is 0 Å². The molecule has 214 valence electrons. The highest BCUT2D eigenvalue weighted by atomic mass is 79.9. The lowest BCUT2D eigenvalue weighted by atomic mass is 9.93. The molecule has 5 rings (SSSR count). The lowest BCUT2D eigenvalue weighted by Gasteiger charge is -2.32. The van der Waals surface area contributed by atoms with E-state index in [1.165, 1.54) is 11.8 Å². The number of ether oxygens (including phenoxy) is 3. The third-order valence-electron chi connectivity index (χ3n) is 6.66. The largest absolute Gasteiger partial charge is 0.454 e. The molecule has 0 saturated carbocycles. The number of carbonyl (C=O) groups excluding carboxylic acids is 2. The van der Waals surface area contributed by atoms with Gasteiger partial charge in [0.05, 0.1) is 6.33 Å². The highest BCUT2D eigenvalue weighted by molar-refractivity contribution is 9.10. The Labute approximate surface area is 243 Å². The molecule has 0 atom stereocenters. The van der Waals surface area contributed by atoms with Crippen molar-refractivity contribution in [3.63, 3.8) is 0 Å². The molecule has 4 heterocycles. The van der Waals surface area contributed by atoms with E-state index >= 15 is 0 Å². The van der Waals surface area contributed by atoms with Crippen molar-refractivity contribution >= 4 is 50.9 Å². The number of imidazole rings is 1. The topological polar surface area (TPSA) is 147 Å². The van der Waals surface area contributed by atoms with Gasteiger partial charge in [0.25, 0.3) is 0 Å². The molecule has 0 aliphatic carbocycles. The summed E-state index contributed by atoms with van der Waals surface area (Å²) in [6.45, 7) is 7.48. The summed E-state index contributed by atoms with van der Waals surface area (Å²) >= 11 is 5.02. The number of aromatic nitrogens is 4. The van der Waals surface area contributed by atoms with Crippen LogP contribution in [0.2, 0.25) is 0 Å². The van der Waals surface area contributed by atoms with Crippen LogP contribution in [0.5, 0.6) is 11.5 Å². The number of hydrogen-bond donors (Lipinski definition) is 3. The van der Waals surface area contributed by atoms with Gasteiger partial charge in [-0.05, 0) is 74.0 Å². The fourth-order valence-electron chi connectivity index (χ4n) is 4.62. The van der Waals surface area contributed by atoms with Gasteiger partial charge in [-0.25, -0.2) is 14.8 Å². The average molecular weight is 635 g/mol. The second-order valence-electron chi connectivity index (χ2n) is 10.7. The SMILES string of the molecule is CC(C)(C)OC(=O)NCC(=O)N1CCC(CCn2cnc(=N)c3[nH]c(Sc4cc5c(cc4Br)OCO5)nc32)CC1. The minimum absolute atomic E-state index is 0.0686. The number of halogens is 1. The molecule has 12 nitrogen and oxygen atoms in total. The fraction of sp³-hybridized carbons (Fsp3) is 0.500. The van der Waals surface area contributed by atoms with Gasteiger partial charge in [0, 0.05) is 29.0 Å². The summed E-state index contributed by atoms with van der Waals surface area (Å²) in [6, 6.07) is 3.78. The van der Waals surface area contributed by atoms with E-state index in [-0.39, 0.29) is 24.7 Å². The van der Waals surface area contributed by atoms with Crippen molar-refractivity contribution in [1.29, 1.82) is 5.41 Å². The van der Waals surface area contributed by atoms with Gasteiger partial charge >= 0.3 is 6.09 Å². The molecule has 14 heteroatoms. The molecule has 0 bridgehead atoms. The highest BCUT2D eigenvalue weighted by Gasteiger charge is 2.24. The van der Waals surface area contributed by atoms with E-state index in [1.807, 2.05) is 16.7 Å². The Balaban J connectivity index is 1.16. The molecule has 2 amide bonds. The smallest absolute Gasteiger partial charge is 0.408 e. The van der Waals surface area contributed by atoms with Crippen molar-refractivity contribution in [3.8, 4) is 11.5 Å². The Bertz CT molecular complexity index is 1480. The van der Waals surface area contributed by atoms with Crippen LogP contribution in [-0.2, 0) is 16.1 Å². The van der Waals surface area contributed by atoms with Gasteiger partial charge in [0.15, 0.2) is 27.8 Å². The van der Waals surface area contributed by atoms with Crippen LogP contribution in [0.25, 0.3) is 11.2 Å². The van der Waals surface area contributed by atoms with E-state index in [0.717, 1.165) is 28.6 Å². The maximum absolute atomic E-state index is 12.5. The van der Waals surface area contributed by atoms with E-state index in [1.54, 1.807) is 32.0 Å². The van der Waals surface area contributed by atoms with Crippen LogP contribution in [-0.4, -0.2) is 68.4 Å². The Morgan fingerprint density at radius 1 is 1.25 bits per heavy atom. The average Bonchev–Trinajstić information content (AvgIpc) is 3.54. The standard InChI is InChI=1S/C26H32BrN7O5S/c1-26(2,3)39-25(36)29-12-20(35)33-7-4-15(5-8-33)6-9-34-13-30-22(28)21-23(34)32-24(31-21)40-19-11-18-17(10-16(19)27)37-14-38-18/h10-11,13,15,28H,4-9,12,14H2,1-3H3,(H,29,36)(H,31,32). The van der Waals surface area contributed by atoms with Crippen molar-refractivity contribution in [2.75, 3.05) is 26.4 Å². The van der Waals surface area contributed by atoms with Crippen LogP contribution in [0.4, 0.5) is 4.79 Å². The summed E-state index contributed by atoms with van der Waals surface area (Å²) in [5.74, 6) is 1.72. The van der Waals surface area contributed by atoms with Crippen molar-refractivity contribution in [1.82, 2.24) is 29.7 Å². The molecule has 3 N–H and O–H groups in total. The van der Waals surface area contributed by atoms with Crippen LogP contribution in [0, 0.1) is 11.3 Å². The number of alkyl carbamates (subject to hydrolysis) is 1. The Kier molecular flexibility index (Phi) is 8.26. The Morgan fingerprint density at radius 3 is 2.70 bits per heavy atom. The Hall–Kier alpha value is -3.26. The third kappa shape index (κ3) is 6.72. The van der Waals surface area contributed by atoms with Gasteiger partial charge in [-0.2, -0.15) is 0 Å². The number of nitrogens with one attached hydrogen (secondary N) is 3. The highest BCUT2D eigenvalue weighted by Crippen LogP contribution is 2.42. The molecule has 0 unspecified atom stereocenters. The van der Waals surface area contributed by atoms with Crippen molar-refractivity contribution in [2.24, 2.45) is 5.92 Å². The number of hydrogen-bond acceptors (Lipinski definition) is 9. The number of piperidine rings is 1. The summed E-state index contributed by atoms with van der Waals surface area (Å²) in [5.41, 5.74) is 0.800. The zero-order chi connectivity index (χ0) is 28.4. The van der Waals surface area contributed by atoms with Crippen LogP contribution < -0.4 is 20.3 Å². The lowest BCUT2D eigenvalue weighted by Crippen LogP contribution is -2.45. The molecule has 3 aromatic rings. The number of fused-ring (bicyclic) bond motifs is 2. The van der Waals surface area contributed by atoms with Crippen LogP contribution in [0.15, 0.2) is 33.0 Å². The number of aryl methyl sites for hydroxylation is 1. The second-order valence-corrected chi connectivity index (χ2v) is 12.6. The zero-order valence-electron chi connectivity index (χ0n) is 22.6. The fourth-order valence-corrected chi connectivity index (χ4v) is 6.00. The molecule has 0 radical (unpaired) electrons. The molecule has 2 aliphatic heterocycles. The number of nitrogens with zero attached hydrogens (tertiary/aromatic N) is 4. The van der Waals surface area contributed by atoms with E-state index in [9.17, 15) is 9.59 Å². The molecule has 2 aromatic heterocycles. The molecular formula is C26H32BrN7O5S. The molecule has 2 aliphatic rings. The maximum atomic E-state index is 12.5. The minimum atomic E-state index is -0.605. The van der Waals surface area contributed by atoms with Crippen molar-refractivity contribution in [3.05, 3.63) is 28.4 Å². The Morgan fingerprint density at radius 2 is 1.98 bits per heavy atom. The molecular weight excluding hydrogens is 602 g/mol. The van der Waals surface area contributed by atoms with E-state index in [4.69, 9.17) is 24.6 Å². The number of H-pyrrole nitrogens is 1. The van der Waals surface area contributed by atoms with Gasteiger partial charge in [0.1, 0.15) is 17.7 Å². The molecule has 40 heavy (non-hydrogen) atoms. The molecule has 1 saturated heterocycles. The number of amides is 2. The van der Waals surface area contributed by atoms with Crippen LogP contribution >= 0.6 is 27.7 Å². The molecule has 1 aromatic carbocycles. The van der Waals surface area contributed by atoms with E-state index in [2.05, 4.69) is 31.2 Å². The third-order valence-corrected chi connectivity index (χ3v) is 8.52. The maximum Gasteiger partial charge on any atom is 0.408 e. The quantitative estimate of drug-likeness (QED) is 0.353.